The SMILES string of the molecule is C1CC(c2nc(C3CC3)n[nH]2)CCN1.Cl.Cl. The summed E-state index contributed by atoms with van der Waals surface area (Å²) in [7, 11) is 0. The molecule has 0 atom stereocenters. The molecule has 4 nitrogen and oxygen atoms in total. The van der Waals surface area contributed by atoms with Crippen molar-refractivity contribution in [1.29, 1.82) is 0 Å². The van der Waals surface area contributed by atoms with E-state index in [1.807, 2.05) is 0 Å². The van der Waals surface area contributed by atoms with E-state index in [2.05, 4.69) is 20.5 Å². The maximum atomic E-state index is 4.60. The Kier molecular flexibility index (Phi) is 5.02. The van der Waals surface area contributed by atoms with Crippen molar-refractivity contribution < 1.29 is 0 Å². The largest absolute Gasteiger partial charge is 0.317 e. The van der Waals surface area contributed by atoms with Crippen molar-refractivity contribution >= 4 is 24.8 Å². The van der Waals surface area contributed by atoms with Crippen molar-refractivity contribution in [2.24, 2.45) is 0 Å². The van der Waals surface area contributed by atoms with E-state index in [0.29, 0.717) is 11.8 Å². The number of aromatic nitrogens is 3. The first kappa shape index (κ1) is 13.7. The van der Waals surface area contributed by atoms with E-state index in [1.54, 1.807) is 0 Å². The maximum absolute atomic E-state index is 4.60. The average molecular weight is 265 g/mol. The van der Waals surface area contributed by atoms with Crippen LogP contribution in [-0.2, 0) is 0 Å². The second-order valence-electron chi connectivity index (χ2n) is 4.38. The Morgan fingerprint density at radius 3 is 2.25 bits per heavy atom. The number of nitrogens with one attached hydrogen (secondary N) is 2. The number of hydrogen-bond donors (Lipinski definition) is 2. The summed E-state index contributed by atoms with van der Waals surface area (Å²) in [6, 6.07) is 0. The second kappa shape index (κ2) is 5.84. The lowest BCUT2D eigenvalue weighted by molar-refractivity contribution is 0.446. The van der Waals surface area contributed by atoms with Gasteiger partial charge in [-0.1, -0.05) is 0 Å². The summed E-state index contributed by atoms with van der Waals surface area (Å²) in [5.74, 6) is 3.45. The van der Waals surface area contributed by atoms with Gasteiger partial charge in [-0.25, -0.2) is 4.98 Å². The molecule has 0 radical (unpaired) electrons. The van der Waals surface area contributed by atoms with Gasteiger partial charge in [0.1, 0.15) is 5.82 Å². The second-order valence-corrected chi connectivity index (χ2v) is 4.38. The molecule has 0 aromatic carbocycles. The lowest BCUT2D eigenvalue weighted by Crippen LogP contribution is -2.27. The molecule has 92 valence electrons. The highest BCUT2D eigenvalue weighted by Crippen LogP contribution is 2.38. The third-order valence-corrected chi connectivity index (χ3v) is 3.19. The van der Waals surface area contributed by atoms with Crippen LogP contribution in [0.4, 0.5) is 0 Å². The Morgan fingerprint density at radius 1 is 0.938 bits per heavy atom. The third kappa shape index (κ3) is 2.87. The lowest BCUT2D eigenvalue weighted by atomic mass is 9.98. The Balaban J connectivity index is 0.000000640. The molecule has 0 amide bonds. The first-order valence-electron chi connectivity index (χ1n) is 5.56. The Morgan fingerprint density at radius 2 is 1.62 bits per heavy atom. The molecule has 0 unspecified atom stereocenters. The van der Waals surface area contributed by atoms with E-state index in [1.165, 1.54) is 25.7 Å². The van der Waals surface area contributed by atoms with E-state index in [4.69, 9.17) is 0 Å². The van der Waals surface area contributed by atoms with Crippen molar-refractivity contribution in [3.63, 3.8) is 0 Å². The van der Waals surface area contributed by atoms with Gasteiger partial charge in [-0.2, -0.15) is 5.10 Å². The van der Waals surface area contributed by atoms with Gasteiger partial charge in [0.15, 0.2) is 5.82 Å². The highest BCUT2D eigenvalue weighted by atomic mass is 35.5. The van der Waals surface area contributed by atoms with Crippen molar-refractivity contribution in [3.05, 3.63) is 11.6 Å². The zero-order valence-electron chi connectivity index (χ0n) is 9.11. The van der Waals surface area contributed by atoms with Crippen LogP contribution >= 0.6 is 24.8 Å². The van der Waals surface area contributed by atoms with Crippen molar-refractivity contribution in [3.8, 4) is 0 Å². The van der Waals surface area contributed by atoms with E-state index >= 15 is 0 Å². The Labute approximate surface area is 108 Å². The first-order valence-corrected chi connectivity index (χ1v) is 5.56. The van der Waals surface area contributed by atoms with E-state index < -0.39 is 0 Å². The predicted molar refractivity (Wildman–Crippen MR) is 67.7 cm³/mol. The third-order valence-electron chi connectivity index (χ3n) is 3.19. The molecule has 1 aromatic rings. The van der Waals surface area contributed by atoms with Gasteiger partial charge in [-0.05, 0) is 38.8 Å². The molecule has 6 heteroatoms. The van der Waals surface area contributed by atoms with Gasteiger partial charge in [0.25, 0.3) is 0 Å². The molecule has 1 aliphatic carbocycles. The molecule has 0 spiro atoms. The van der Waals surface area contributed by atoms with Gasteiger partial charge in [0.2, 0.25) is 0 Å². The minimum absolute atomic E-state index is 0. The van der Waals surface area contributed by atoms with Crippen molar-refractivity contribution in [2.75, 3.05) is 13.1 Å². The summed E-state index contributed by atoms with van der Waals surface area (Å²) in [6.07, 6.45) is 4.95. The van der Waals surface area contributed by atoms with Gasteiger partial charge >= 0.3 is 0 Å². The van der Waals surface area contributed by atoms with E-state index in [-0.39, 0.29) is 24.8 Å². The van der Waals surface area contributed by atoms with Crippen LogP contribution in [-0.4, -0.2) is 28.3 Å². The summed E-state index contributed by atoms with van der Waals surface area (Å²) < 4.78 is 0. The number of nitrogens with zero attached hydrogens (tertiary/aromatic N) is 2. The smallest absolute Gasteiger partial charge is 0.153 e. The zero-order chi connectivity index (χ0) is 9.38. The van der Waals surface area contributed by atoms with Crippen LogP contribution < -0.4 is 5.32 Å². The maximum Gasteiger partial charge on any atom is 0.153 e. The predicted octanol–water partition coefficient (Wildman–Crippen LogP) is 1.99. The summed E-state index contributed by atoms with van der Waals surface area (Å²) in [4.78, 5) is 4.60. The number of halogens is 2. The molecule has 2 N–H and O–H groups in total. The molecule has 3 rings (SSSR count). The highest BCUT2D eigenvalue weighted by molar-refractivity contribution is 5.85. The van der Waals surface area contributed by atoms with Crippen LogP contribution in [0.3, 0.4) is 0 Å². The molecule has 1 aromatic heterocycles. The lowest BCUT2D eigenvalue weighted by Gasteiger charge is -2.19. The molecule has 0 bridgehead atoms. The highest BCUT2D eigenvalue weighted by Gasteiger charge is 2.29. The Hall–Kier alpha value is -0.320. The van der Waals surface area contributed by atoms with Crippen LogP contribution in [0.15, 0.2) is 0 Å². The summed E-state index contributed by atoms with van der Waals surface area (Å²) in [5.41, 5.74) is 0. The minimum atomic E-state index is 0. The van der Waals surface area contributed by atoms with Crippen LogP contribution in [0.5, 0.6) is 0 Å². The average Bonchev–Trinajstić information content (AvgIpc) is 2.98. The normalized spacial score (nSPS) is 21.0. The number of aromatic amines is 1. The first-order chi connectivity index (χ1) is 6.93. The number of hydrogen-bond acceptors (Lipinski definition) is 3. The number of piperidine rings is 1. The van der Waals surface area contributed by atoms with E-state index in [0.717, 1.165) is 24.7 Å². The molecule has 1 aliphatic heterocycles. The fraction of sp³-hybridized carbons (Fsp3) is 0.800. The van der Waals surface area contributed by atoms with Crippen molar-refractivity contribution in [1.82, 2.24) is 20.5 Å². The summed E-state index contributed by atoms with van der Waals surface area (Å²) in [5, 5.41) is 10.8. The van der Waals surface area contributed by atoms with Gasteiger partial charge in [0.05, 0.1) is 0 Å². The molecule has 2 heterocycles. The monoisotopic (exact) mass is 264 g/mol. The van der Waals surface area contributed by atoms with Crippen LogP contribution in [0.1, 0.15) is 49.2 Å². The van der Waals surface area contributed by atoms with Crippen molar-refractivity contribution in [2.45, 2.75) is 37.5 Å². The van der Waals surface area contributed by atoms with Crippen LogP contribution in [0.2, 0.25) is 0 Å². The Bertz CT molecular complexity index is 318. The molecule has 1 saturated heterocycles. The molecule has 1 saturated carbocycles. The molecule has 2 fully saturated rings. The molecule has 2 aliphatic rings. The summed E-state index contributed by atoms with van der Waals surface area (Å²) >= 11 is 0. The number of H-pyrrole nitrogens is 1. The summed E-state index contributed by atoms with van der Waals surface area (Å²) in [6.45, 7) is 2.23. The van der Waals surface area contributed by atoms with Gasteiger partial charge in [-0.15, -0.1) is 24.8 Å². The van der Waals surface area contributed by atoms with Gasteiger partial charge in [0, 0.05) is 11.8 Å². The fourth-order valence-corrected chi connectivity index (χ4v) is 2.09. The molecule has 16 heavy (non-hydrogen) atoms. The topological polar surface area (TPSA) is 53.6 Å². The molecular weight excluding hydrogens is 247 g/mol. The van der Waals surface area contributed by atoms with E-state index in [9.17, 15) is 0 Å². The molecular formula is C10H18Cl2N4. The number of rotatable bonds is 2. The van der Waals surface area contributed by atoms with Gasteiger partial charge < -0.3 is 5.32 Å². The quantitative estimate of drug-likeness (QED) is 0.859. The fourth-order valence-electron chi connectivity index (χ4n) is 2.09. The van der Waals surface area contributed by atoms with Crippen LogP contribution in [0, 0.1) is 0 Å². The van der Waals surface area contributed by atoms with Crippen LogP contribution in [0.25, 0.3) is 0 Å². The van der Waals surface area contributed by atoms with Gasteiger partial charge in [-0.3, -0.25) is 5.10 Å². The standard InChI is InChI=1S/C10H16N4.2ClH/c1-2-7(1)9-12-10(14-13-9)8-3-5-11-6-4-8;;/h7-8,11H,1-6H2,(H,12,13,14);2*1H. The zero-order valence-corrected chi connectivity index (χ0v) is 10.7. The minimum Gasteiger partial charge on any atom is -0.317 e.